The molecule has 0 heterocycles. The van der Waals surface area contributed by atoms with Gasteiger partial charge in [0.1, 0.15) is 11.5 Å². The van der Waals surface area contributed by atoms with Gasteiger partial charge >= 0.3 is 12.4 Å². The topological polar surface area (TPSA) is 9.23 Å². The van der Waals surface area contributed by atoms with Crippen molar-refractivity contribution < 1.29 is 31.1 Å². The van der Waals surface area contributed by atoms with Crippen LogP contribution >= 0.6 is 23.2 Å². The van der Waals surface area contributed by atoms with E-state index in [-0.39, 0.29) is 10.8 Å². The molecule has 0 N–H and O–H groups in total. The Hall–Kier alpha value is -3.16. The Morgan fingerprint density at radius 3 is 1.58 bits per heavy atom. The van der Waals surface area contributed by atoms with E-state index in [1.54, 1.807) is 24.3 Å². The smallest absolute Gasteiger partial charge is 0.411 e. The molecule has 0 saturated heterocycles. The number of ether oxygens (including phenoxy) is 1. The van der Waals surface area contributed by atoms with Crippen LogP contribution in [0, 0.1) is 0 Å². The summed E-state index contributed by atoms with van der Waals surface area (Å²) in [5, 5.41) is -1.03. The third kappa shape index (κ3) is 4.77. The summed E-state index contributed by atoms with van der Waals surface area (Å²) in [4.78, 5) is 0. The van der Waals surface area contributed by atoms with Gasteiger partial charge in [0, 0.05) is 15.6 Å². The fourth-order valence-corrected chi connectivity index (χ4v) is 4.42. The molecule has 0 aliphatic carbocycles. The van der Waals surface area contributed by atoms with Gasteiger partial charge in [0.25, 0.3) is 0 Å². The first-order chi connectivity index (χ1) is 16.9. The maximum absolute atomic E-state index is 14.3. The lowest BCUT2D eigenvalue weighted by Crippen LogP contribution is -2.55. The highest BCUT2D eigenvalue weighted by atomic mass is 35.5. The quantitative estimate of drug-likeness (QED) is 0.229. The van der Waals surface area contributed by atoms with E-state index in [9.17, 15) is 26.3 Å². The molecule has 0 amide bonds. The summed E-state index contributed by atoms with van der Waals surface area (Å²) in [7, 11) is 0. The zero-order valence-corrected chi connectivity index (χ0v) is 19.7. The first-order valence-electron chi connectivity index (χ1n) is 10.5. The molecule has 0 aromatic heterocycles. The van der Waals surface area contributed by atoms with Crippen LogP contribution in [0.25, 0.3) is 11.1 Å². The molecular formula is C27H16Cl2F6O. The molecule has 36 heavy (non-hydrogen) atoms. The van der Waals surface area contributed by atoms with Crippen LogP contribution in [0.1, 0.15) is 11.1 Å². The minimum absolute atomic E-state index is 0.0571. The summed E-state index contributed by atoms with van der Waals surface area (Å²) >= 11 is 11.6. The van der Waals surface area contributed by atoms with E-state index in [1.165, 1.54) is 0 Å². The van der Waals surface area contributed by atoms with Crippen LogP contribution in [0.5, 0.6) is 11.5 Å². The predicted molar refractivity (Wildman–Crippen MR) is 128 cm³/mol. The van der Waals surface area contributed by atoms with Crippen molar-refractivity contribution in [2.24, 2.45) is 0 Å². The average molecular weight is 541 g/mol. The molecule has 0 atom stereocenters. The van der Waals surface area contributed by atoms with Crippen LogP contribution < -0.4 is 4.74 Å². The number of hydrogen-bond acceptors (Lipinski definition) is 1. The minimum atomic E-state index is -5.78. The Morgan fingerprint density at radius 2 is 1.06 bits per heavy atom. The Balaban J connectivity index is 1.71. The Bertz CT molecular complexity index is 1320. The molecule has 1 nitrogen and oxygen atoms in total. The fourth-order valence-electron chi connectivity index (χ4n) is 3.99. The highest BCUT2D eigenvalue weighted by Gasteiger charge is 2.73. The van der Waals surface area contributed by atoms with Crippen molar-refractivity contribution in [3.63, 3.8) is 0 Å². The summed E-state index contributed by atoms with van der Waals surface area (Å²) in [6.45, 7) is 0. The first-order valence-corrected chi connectivity index (χ1v) is 11.2. The molecule has 0 spiro atoms. The summed E-state index contributed by atoms with van der Waals surface area (Å²) in [6, 6.07) is 22.6. The van der Waals surface area contributed by atoms with Gasteiger partial charge in [0.2, 0.25) is 5.41 Å². The van der Waals surface area contributed by atoms with Crippen molar-refractivity contribution >= 4 is 23.2 Å². The van der Waals surface area contributed by atoms with Crippen LogP contribution in [0.2, 0.25) is 10.0 Å². The van der Waals surface area contributed by atoms with Gasteiger partial charge in [-0.3, -0.25) is 0 Å². The molecule has 0 radical (unpaired) electrons. The van der Waals surface area contributed by atoms with Gasteiger partial charge in [-0.15, -0.1) is 0 Å². The minimum Gasteiger partial charge on any atom is -0.457 e. The molecule has 0 saturated carbocycles. The molecule has 0 fully saturated rings. The van der Waals surface area contributed by atoms with Crippen molar-refractivity contribution in [1.29, 1.82) is 0 Å². The Labute approximate surface area is 212 Å². The van der Waals surface area contributed by atoms with Gasteiger partial charge in [-0.1, -0.05) is 77.8 Å². The highest BCUT2D eigenvalue weighted by molar-refractivity contribution is 6.33. The van der Waals surface area contributed by atoms with Crippen molar-refractivity contribution in [1.82, 2.24) is 0 Å². The Kier molecular flexibility index (Phi) is 6.99. The summed E-state index contributed by atoms with van der Waals surface area (Å²) < 4.78 is 91.6. The number of halogens is 8. The summed E-state index contributed by atoms with van der Waals surface area (Å²) in [6.07, 6.45) is -11.6. The van der Waals surface area contributed by atoms with Crippen LogP contribution in [0.4, 0.5) is 26.3 Å². The molecule has 0 aliphatic rings. The SMILES string of the molecule is FC(F)(F)C(c1ccc(Oc2ccc(-c3ccccc3)cc2)cc1)(c1cc(Cl)ccc1Cl)C(F)(F)F. The summed E-state index contributed by atoms with van der Waals surface area (Å²) in [5.74, 6) is 0.417. The van der Waals surface area contributed by atoms with Gasteiger partial charge in [-0.25, -0.2) is 0 Å². The Morgan fingerprint density at radius 1 is 0.556 bits per heavy atom. The van der Waals surface area contributed by atoms with E-state index in [4.69, 9.17) is 27.9 Å². The van der Waals surface area contributed by atoms with Crippen LogP contribution in [-0.4, -0.2) is 12.4 Å². The number of rotatable bonds is 5. The molecule has 4 aromatic carbocycles. The van der Waals surface area contributed by atoms with E-state index in [0.717, 1.165) is 47.5 Å². The number of hydrogen-bond donors (Lipinski definition) is 0. The second-order valence-corrected chi connectivity index (χ2v) is 8.73. The molecule has 0 aliphatic heterocycles. The van der Waals surface area contributed by atoms with Gasteiger partial charge in [-0.05, 0) is 59.2 Å². The highest BCUT2D eigenvalue weighted by Crippen LogP contribution is 2.58. The zero-order valence-electron chi connectivity index (χ0n) is 18.2. The van der Waals surface area contributed by atoms with Gasteiger partial charge in [0.05, 0.1) is 0 Å². The second kappa shape index (κ2) is 9.71. The molecule has 4 aromatic rings. The number of benzene rings is 4. The lowest BCUT2D eigenvalue weighted by atomic mass is 9.73. The molecule has 186 valence electrons. The molecule has 0 bridgehead atoms. The van der Waals surface area contributed by atoms with E-state index in [1.807, 2.05) is 30.3 Å². The van der Waals surface area contributed by atoms with Crippen molar-refractivity contribution in [2.45, 2.75) is 17.8 Å². The molecule has 0 unspecified atom stereocenters. The maximum Gasteiger partial charge on any atom is 0.411 e. The average Bonchev–Trinajstić information content (AvgIpc) is 2.82. The second-order valence-electron chi connectivity index (χ2n) is 7.89. The van der Waals surface area contributed by atoms with E-state index in [0.29, 0.717) is 11.8 Å². The van der Waals surface area contributed by atoms with Crippen molar-refractivity contribution in [3.05, 3.63) is 118 Å². The summed E-state index contributed by atoms with van der Waals surface area (Å²) in [5.41, 5.74) is -4.79. The first kappa shape index (κ1) is 25.9. The lowest BCUT2D eigenvalue weighted by Gasteiger charge is -2.38. The van der Waals surface area contributed by atoms with E-state index >= 15 is 0 Å². The van der Waals surface area contributed by atoms with E-state index in [2.05, 4.69) is 0 Å². The largest absolute Gasteiger partial charge is 0.457 e. The number of alkyl halides is 6. The van der Waals surface area contributed by atoms with Crippen molar-refractivity contribution in [2.75, 3.05) is 0 Å². The molecular weight excluding hydrogens is 525 g/mol. The van der Waals surface area contributed by atoms with Crippen LogP contribution in [0.15, 0.2) is 97.1 Å². The monoisotopic (exact) mass is 540 g/mol. The third-order valence-corrected chi connectivity index (χ3v) is 6.23. The third-order valence-electron chi connectivity index (χ3n) is 5.67. The van der Waals surface area contributed by atoms with Crippen LogP contribution in [-0.2, 0) is 5.41 Å². The fraction of sp³-hybridized carbons (Fsp3) is 0.111. The van der Waals surface area contributed by atoms with Gasteiger partial charge in [-0.2, -0.15) is 26.3 Å². The van der Waals surface area contributed by atoms with Crippen molar-refractivity contribution in [3.8, 4) is 22.6 Å². The zero-order chi connectivity index (χ0) is 26.1. The predicted octanol–water partition coefficient (Wildman–Crippen LogP) is 9.86. The standard InChI is InChI=1S/C27H16Cl2F6O/c28-20-10-15-24(29)23(16-20)25(26(30,31)32,27(33,34)35)19-8-13-22(14-9-19)36-21-11-6-18(7-12-21)17-4-2-1-3-5-17/h1-16H. The maximum atomic E-state index is 14.3. The van der Waals surface area contributed by atoms with Gasteiger partial charge in [0.15, 0.2) is 0 Å². The molecule has 9 heteroatoms. The van der Waals surface area contributed by atoms with Gasteiger partial charge < -0.3 is 4.74 Å². The lowest BCUT2D eigenvalue weighted by molar-refractivity contribution is -0.288. The van der Waals surface area contributed by atoms with Crippen LogP contribution in [0.3, 0.4) is 0 Å². The normalized spacial score (nSPS) is 12.4. The van der Waals surface area contributed by atoms with E-state index < -0.39 is 33.9 Å². The molecule has 4 rings (SSSR count).